The molecule has 2 heterocycles. The molecule has 2 saturated heterocycles. The van der Waals surface area contributed by atoms with Crippen molar-refractivity contribution in [2.45, 2.75) is 49.5 Å². The quantitative estimate of drug-likeness (QED) is 0.730. The molecule has 5 heteroatoms. The lowest BCUT2D eigenvalue weighted by atomic mass is 9.43. The van der Waals surface area contributed by atoms with Gasteiger partial charge in [-0.1, -0.05) is 0 Å². The minimum absolute atomic E-state index is 0.00437. The standard InChI is InChI=1S/C18H25NO4/c1-19-7-6-17-14-10-2-3-11(9-20)15(14)23-16(17)12(21)4-5-18(17,22)13(19)8-10/h4-5,10-11,13-16,20,22H,2-3,6-9H2,1H3/t10?,11?,13?,14?,15?,16-,17-,18+/m0/s1. The van der Waals surface area contributed by atoms with Gasteiger partial charge in [-0.3, -0.25) is 4.79 Å². The first-order chi connectivity index (χ1) is 11.0. The van der Waals surface area contributed by atoms with Crippen molar-refractivity contribution in [3.63, 3.8) is 0 Å². The topological polar surface area (TPSA) is 70.0 Å². The van der Waals surface area contributed by atoms with Gasteiger partial charge in [0.1, 0.15) is 11.7 Å². The van der Waals surface area contributed by atoms with E-state index in [2.05, 4.69) is 11.9 Å². The van der Waals surface area contributed by atoms with E-state index in [9.17, 15) is 15.0 Å². The summed E-state index contributed by atoms with van der Waals surface area (Å²) in [6.45, 7) is 1.01. The largest absolute Gasteiger partial charge is 0.396 e. The highest BCUT2D eigenvalue weighted by molar-refractivity contribution is 5.96. The third kappa shape index (κ3) is 1.47. The normalized spacial score (nSPS) is 57.4. The van der Waals surface area contributed by atoms with E-state index in [-0.39, 0.29) is 36.4 Å². The molecule has 2 bridgehead atoms. The molecule has 23 heavy (non-hydrogen) atoms. The van der Waals surface area contributed by atoms with Crippen LogP contribution in [-0.2, 0) is 9.53 Å². The molecule has 8 atom stereocenters. The molecular formula is C18H25NO4. The fourth-order valence-electron chi connectivity index (χ4n) is 6.82. The van der Waals surface area contributed by atoms with Gasteiger partial charge in [0.05, 0.1) is 6.10 Å². The van der Waals surface area contributed by atoms with Gasteiger partial charge in [0.25, 0.3) is 0 Å². The summed E-state index contributed by atoms with van der Waals surface area (Å²) < 4.78 is 6.30. The zero-order valence-electron chi connectivity index (χ0n) is 13.5. The van der Waals surface area contributed by atoms with E-state index >= 15 is 0 Å². The first kappa shape index (κ1) is 14.6. The van der Waals surface area contributed by atoms with Gasteiger partial charge >= 0.3 is 0 Å². The fourth-order valence-corrected chi connectivity index (χ4v) is 6.82. The molecule has 2 N–H and O–H groups in total. The molecule has 3 aliphatic carbocycles. The highest BCUT2D eigenvalue weighted by Gasteiger charge is 2.76. The number of likely N-dealkylation sites (tertiary alicyclic amines) is 1. The van der Waals surface area contributed by atoms with Gasteiger partial charge in [-0.15, -0.1) is 0 Å². The molecule has 2 saturated carbocycles. The Morgan fingerprint density at radius 2 is 2.26 bits per heavy atom. The van der Waals surface area contributed by atoms with Crippen LogP contribution < -0.4 is 0 Å². The zero-order chi connectivity index (χ0) is 16.0. The summed E-state index contributed by atoms with van der Waals surface area (Å²) in [5.74, 6) is 0.788. The Bertz CT molecular complexity index is 592. The predicted molar refractivity (Wildman–Crippen MR) is 82.6 cm³/mol. The number of carbonyl (C=O) groups is 1. The number of piperidine rings is 1. The molecule has 0 aromatic carbocycles. The maximum atomic E-state index is 12.6. The van der Waals surface area contributed by atoms with Crippen LogP contribution in [0.25, 0.3) is 0 Å². The third-order valence-corrected chi connectivity index (χ3v) is 7.78. The van der Waals surface area contributed by atoms with Gasteiger partial charge in [0.2, 0.25) is 0 Å². The van der Waals surface area contributed by atoms with Gasteiger partial charge in [0.15, 0.2) is 5.78 Å². The lowest BCUT2D eigenvalue weighted by Crippen LogP contribution is -2.75. The second kappa shape index (κ2) is 4.45. The lowest BCUT2D eigenvalue weighted by Gasteiger charge is -2.65. The van der Waals surface area contributed by atoms with E-state index in [0.717, 1.165) is 32.2 Å². The second-order valence-electron chi connectivity index (χ2n) is 8.37. The van der Waals surface area contributed by atoms with Crippen molar-refractivity contribution in [1.82, 2.24) is 4.90 Å². The molecule has 1 spiro atoms. The summed E-state index contributed by atoms with van der Waals surface area (Å²) >= 11 is 0. The predicted octanol–water partition coefficient (Wildman–Crippen LogP) is 0.353. The summed E-state index contributed by atoms with van der Waals surface area (Å²) in [4.78, 5) is 14.9. The second-order valence-corrected chi connectivity index (χ2v) is 8.37. The van der Waals surface area contributed by atoms with E-state index in [4.69, 9.17) is 4.74 Å². The Balaban J connectivity index is 1.72. The number of rotatable bonds is 1. The molecule has 0 aromatic heterocycles. The Kier molecular flexibility index (Phi) is 2.82. The van der Waals surface area contributed by atoms with E-state index < -0.39 is 17.1 Å². The summed E-state index contributed by atoms with van der Waals surface area (Å²) in [5.41, 5.74) is -1.47. The molecule has 5 unspecified atom stereocenters. The zero-order valence-corrected chi connectivity index (χ0v) is 13.5. The average Bonchev–Trinajstić information content (AvgIpc) is 2.90. The minimum Gasteiger partial charge on any atom is -0.396 e. The SMILES string of the molecule is CN1CC[C@]23C4C5CCC(CO)C4O[C@H]2C(=O)C=C[C@@]3(O)C1C5. The fraction of sp³-hybridized carbons (Fsp3) is 0.833. The molecule has 5 aliphatic rings. The number of aliphatic hydroxyl groups is 2. The molecular weight excluding hydrogens is 294 g/mol. The van der Waals surface area contributed by atoms with Crippen LogP contribution in [0.4, 0.5) is 0 Å². The Morgan fingerprint density at radius 1 is 1.43 bits per heavy atom. The van der Waals surface area contributed by atoms with Crippen LogP contribution in [-0.4, -0.2) is 64.9 Å². The summed E-state index contributed by atoms with van der Waals surface area (Å²) in [6.07, 6.45) is 6.50. The van der Waals surface area contributed by atoms with Gasteiger partial charge in [0, 0.05) is 29.9 Å². The van der Waals surface area contributed by atoms with E-state index in [1.807, 2.05) is 0 Å². The first-order valence-corrected chi connectivity index (χ1v) is 8.95. The number of aliphatic hydroxyl groups excluding tert-OH is 1. The number of hydrogen-bond acceptors (Lipinski definition) is 5. The van der Waals surface area contributed by atoms with E-state index in [1.54, 1.807) is 12.2 Å². The van der Waals surface area contributed by atoms with Crippen molar-refractivity contribution in [2.75, 3.05) is 20.2 Å². The third-order valence-electron chi connectivity index (χ3n) is 7.78. The molecule has 0 amide bonds. The summed E-state index contributed by atoms with van der Waals surface area (Å²) in [6, 6.07) is 0.0670. The molecule has 5 nitrogen and oxygen atoms in total. The average molecular weight is 319 g/mol. The Morgan fingerprint density at radius 3 is 3.04 bits per heavy atom. The molecule has 2 aliphatic heterocycles. The van der Waals surface area contributed by atoms with Crippen LogP contribution in [0.15, 0.2) is 12.2 Å². The number of ether oxygens (including phenoxy) is 1. The van der Waals surface area contributed by atoms with Gasteiger partial charge in [-0.2, -0.15) is 0 Å². The smallest absolute Gasteiger partial charge is 0.184 e. The van der Waals surface area contributed by atoms with E-state index in [1.165, 1.54) is 0 Å². The number of carbonyl (C=O) groups excluding carboxylic acids is 1. The first-order valence-electron chi connectivity index (χ1n) is 8.95. The van der Waals surface area contributed by atoms with Crippen molar-refractivity contribution in [3.8, 4) is 0 Å². The number of hydrogen-bond donors (Lipinski definition) is 2. The van der Waals surface area contributed by atoms with Crippen LogP contribution in [0, 0.1) is 23.2 Å². The highest BCUT2D eigenvalue weighted by atomic mass is 16.5. The highest BCUT2D eigenvalue weighted by Crippen LogP contribution is 2.68. The van der Waals surface area contributed by atoms with Crippen molar-refractivity contribution >= 4 is 5.78 Å². The number of nitrogens with zero attached hydrogens (tertiary/aromatic N) is 1. The monoisotopic (exact) mass is 319 g/mol. The lowest BCUT2D eigenvalue weighted by molar-refractivity contribution is -0.213. The molecule has 4 fully saturated rings. The van der Waals surface area contributed by atoms with Gasteiger partial charge < -0.3 is 19.8 Å². The van der Waals surface area contributed by atoms with Crippen LogP contribution in [0.1, 0.15) is 25.7 Å². The molecule has 5 rings (SSSR count). The van der Waals surface area contributed by atoms with Gasteiger partial charge in [-0.05, 0) is 57.3 Å². The van der Waals surface area contributed by atoms with Crippen molar-refractivity contribution < 1.29 is 19.7 Å². The number of likely N-dealkylation sites (N-methyl/N-ethyl adjacent to an activating group) is 1. The van der Waals surface area contributed by atoms with Crippen molar-refractivity contribution in [3.05, 3.63) is 12.2 Å². The van der Waals surface area contributed by atoms with Crippen molar-refractivity contribution in [1.29, 1.82) is 0 Å². The minimum atomic E-state index is -0.980. The van der Waals surface area contributed by atoms with Crippen molar-refractivity contribution in [2.24, 2.45) is 23.2 Å². The summed E-state index contributed by atoms with van der Waals surface area (Å²) in [5, 5.41) is 21.5. The molecule has 126 valence electrons. The van der Waals surface area contributed by atoms with E-state index in [0.29, 0.717) is 5.92 Å². The maximum Gasteiger partial charge on any atom is 0.184 e. The Hall–Kier alpha value is -0.750. The Labute approximate surface area is 136 Å². The van der Waals surface area contributed by atoms with Gasteiger partial charge in [-0.25, -0.2) is 0 Å². The van der Waals surface area contributed by atoms with Crippen LogP contribution >= 0.6 is 0 Å². The number of ketones is 1. The van der Waals surface area contributed by atoms with Crippen LogP contribution in [0.3, 0.4) is 0 Å². The van der Waals surface area contributed by atoms with Crippen LogP contribution in [0.2, 0.25) is 0 Å². The van der Waals surface area contributed by atoms with Crippen LogP contribution in [0.5, 0.6) is 0 Å². The summed E-state index contributed by atoms with van der Waals surface area (Å²) in [7, 11) is 2.09. The molecule has 0 radical (unpaired) electrons. The maximum absolute atomic E-state index is 12.6. The molecule has 0 aromatic rings.